The van der Waals surface area contributed by atoms with Crippen LogP contribution in [0.4, 0.5) is 28.3 Å². The maximum atomic E-state index is 14.0. The number of hydrogen-bond acceptors (Lipinski definition) is 7. The zero-order valence-corrected chi connectivity index (χ0v) is 22.3. The van der Waals surface area contributed by atoms with Crippen molar-refractivity contribution in [1.82, 2.24) is 29.8 Å². The number of nitrogens with zero attached hydrogens (tertiary/aromatic N) is 5. The van der Waals surface area contributed by atoms with Crippen molar-refractivity contribution < 1.29 is 31.9 Å². The predicted molar refractivity (Wildman–Crippen MR) is 147 cm³/mol. The summed E-state index contributed by atoms with van der Waals surface area (Å²) in [6.07, 6.45) is -5.41. The third-order valence-electron chi connectivity index (χ3n) is 6.86. The highest BCUT2D eigenvalue weighted by Crippen LogP contribution is 2.36. The zero-order valence-electron chi connectivity index (χ0n) is 22.3. The van der Waals surface area contributed by atoms with Crippen molar-refractivity contribution in [3.63, 3.8) is 0 Å². The highest BCUT2D eigenvalue weighted by Gasteiger charge is 2.35. The summed E-state index contributed by atoms with van der Waals surface area (Å²) in [5.41, 5.74) is -0.364. The summed E-state index contributed by atoms with van der Waals surface area (Å²) in [4.78, 5) is 35.9. The normalized spacial score (nSPS) is 15.8. The first-order valence-corrected chi connectivity index (χ1v) is 13.2. The SMILES string of the molecule is O=C1NCCN(C(=O)OCc2ccccc2)C[C@H]1Nc1nc2c(C(F)(F)F)cccc2c2nc(-c3cccc(F)c3)nn12. The number of alkyl halides is 3. The van der Waals surface area contributed by atoms with Crippen LogP contribution in [0.15, 0.2) is 72.8 Å². The lowest BCUT2D eigenvalue weighted by atomic mass is 10.1. The summed E-state index contributed by atoms with van der Waals surface area (Å²) in [7, 11) is 0. The topological polar surface area (TPSA) is 114 Å². The van der Waals surface area contributed by atoms with Gasteiger partial charge in [0.05, 0.1) is 17.6 Å². The number of carbonyl (C=O) groups is 2. The number of ether oxygens (including phenoxy) is 1. The van der Waals surface area contributed by atoms with Crippen LogP contribution in [0.5, 0.6) is 0 Å². The third kappa shape index (κ3) is 5.76. The van der Waals surface area contributed by atoms with Crippen molar-refractivity contribution in [3.05, 3.63) is 89.7 Å². The molecule has 2 N–H and O–H groups in total. The Morgan fingerprint density at radius 3 is 2.60 bits per heavy atom. The van der Waals surface area contributed by atoms with Crippen molar-refractivity contribution >= 4 is 34.5 Å². The maximum absolute atomic E-state index is 14.0. The van der Waals surface area contributed by atoms with Crippen molar-refractivity contribution in [1.29, 1.82) is 0 Å². The Bertz CT molecular complexity index is 1830. The molecule has 0 bridgehead atoms. The van der Waals surface area contributed by atoms with Gasteiger partial charge in [0.15, 0.2) is 11.5 Å². The molecule has 14 heteroatoms. The van der Waals surface area contributed by atoms with E-state index >= 15 is 0 Å². The largest absolute Gasteiger partial charge is 0.445 e. The molecule has 5 aromatic rings. The van der Waals surface area contributed by atoms with Crippen LogP contribution < -0.4 is 10.6 Å². The molecule has 3 heterocycles. The van der Waals surface area contributed by atoms with Gasteiger partial charge in [-0.1, -0.05) is 48.5 Å². The Labute approximate surface area is 241 Å². The Balaban J connectivity index is 1.38. The summed E-state index contributed by atoms with van der Waals surface area (Å²) >= 11 is 0. The number of para-hydroxylation sites is 1. The van der Waals surface area contributed by atoms with Crippen molar-refractivity contribution in [3.8, 4) is 11.4 Å². The van der Waals surface area contributed by atoms with Crippen LogP contribution in [0.25, 0.3) is 27.9 Å². The molecule has 0 saturated carbocycles. The van der Waals surface area contributed by atoms with Crippen LogP contribution in [0, 0.1) is 5.82 Å². The molecule has 2 amide bonds. The number of rotatable bonds is 5. The fourth-order valence-corrected chi connectivity index (χ4v) is 4.78. The van der Waals surface area contributed by atoms with E-state index in [1.54, 1.807) is 18.2 Å². The quantitative estimate of drug-likeness (QED) is 0.285. The average Bonchev–Trinajstić information content (AvgIpc) is 3.36. The Morgan fingerprint density at radius 2 is 1.84 bits per heavy atom. The van der Waals surface area contributed by atoms with Gasteiger partial charge in [0.25, 0.3) is 0 Å². The van der Waals surface area contributed by atoms with Crippen LogP contribution in [0.2, 0.25) is 0 Å². The number of halogens is 4. The van der Waals surface area contributed by atoms with E-state index in [0.717, 1.165) is 11.6 Å². The van der Waals surface area contributed by atoms with Gasteiger partial charge in [0, 0.05) is 24.0 Å². The summed E-state index contributed by atoms with van der Waals surface area (Å²) < 4.78 is 62.6. The number of aromatic nitrogens is 4. The summed E-state index contributed by atoms with van der Waals surface area (Å²) in [6, 6.07) is 16.9. The second-order valence-electron chi connectivity index (χ2n) is 9.79. The number of benzene rings is 3. The second-order valence-corrected chi connectivity index (χ2v) is 9.79. The molecular formula is C29H23F4N7O3. The highest BCUT2D eigenvalue weighted by atomic mass is 19.4. The molecule has 0 aliphatic carbocycles. The Kier molecular flexibility index (Phi) is 7.26. The van der Waals surface area contributed by atoms with E-state index in [9.17, 15) is 27.2 Å². The van der Waals surface area contributed by atoms with Crippen molar-refractivity contribution in [2.24, 2.45) is 0 Å². The molecule has 1 atom stereocenters. The molecule has 0 radical (unpaired) electrons. The molecule has 2 aromatic heterocycles. The van der Waals surface area contributed by atoms with Gasteiger partial charge in [-0.15, -0.1) is 5.10 Å². The van der Waals surface area contributed by atoms with Gasteiger partial charge in [-0.3, -0.25) is 4.79 Å². The van der Waals surface area contributed by atoms with Gasteiger partial charge in [0.2, 0.25) is 11.9 Å². The molecule has 1 saturated heterocycles. The molecule has 43 heavy (non-hydrogen) atoms. The van der Waals surface area contributed by atoms with Gasteiger partial charge in [-0.05, 0) is 29.8 Å². The number of amides is 2. The van der Waals surface area contributed by atoms with E-state index in [1.165, 1.54) is 39.7 Å². The van der Waals surface area contributed by atoms with E-state index in [4.69, 9.17) is 4.74 Å². The van der Waals surface area contributed by atoms with Gasteiger partial charge in [-0.25, -0.2) is 19.2 Å². The lowest BCUT2D eigenvalue weighted by Gasteiger charge is -2.23. The molecule has 1 aliphatic heterocycles. The number of fused-ring (bicyclic) bond motifs is 3. The molecule has 3 aromatic carbocycles. The molecule has 10 nitrogen and oxygen atoms in total. The van der Waals surface area contributed by atoms with Crippen molar-refractivity contribution in [2.45, 2.75) is 18.8 Å². The van der Waals surface area contributed by atoms with Crippen LogP contribution in [0.3, 0.4) is 0 Å². The minimum Gasteiger partial charge on any atom is -0.445 e. The Hall–Kier alpha value is -5.27. The van der Waals surface area contributed by atoms with E-state index < -0.39 is 41.1 Å². The second kappa shape index (κ2) is 11.2. The highest BCUT2D eigenvalue weighted by molar-refractivity contribution is 5.95. The molecule has 0 unspecified atom stereocenters. The van der Waals surface area contributed by atoms with Gasteiger partial charge >= 0.3 is 12.3 Å². The van der Waals surface area contributed by atoms with Crippen LogP contribution >= 0.6 is 0 Å². The summed E-state index contributed by atoms with van der Waals surface area (Å²) in [5.74, 6) is -1.26. The van der Waals surface area contributed by atoms with Gasteiger partial charge < -0.3 is 20.3 Å². The minimum absolute atomic E-state index is 0.00557. The van der Waals surface area contributed by atoms with Crippen LogP contribution in [-0.4, -0.2) is 62.2 Å². The zero-order chi connectivity index (χ0) is 30.1. The van der Waals surface area contributed by atoms with E-state index in [2.05, 4.69) is 25.7 Å². The number of anilines is 1. The first-order valence-electron chi connectivity index (χ1n) is 13.2. The minimum atomic E-state index is -4.74. The smallest absolute Gasteiger partial charge is 0.418 e. The van der Waals surface area contributed by atoms with E-state index in [0.29, 0.717) is 0 Å². The number of nitrogens with one attached hydrogen (secondary N) is 2. The fraction of sp³-hybridized carbons (Fsp3) is 0.207. The van der Waals surface area contributed by atoms with Crippen LogP contribution in [-0.2, 0) is 22.3 Å². The lowest BCUT2D eigenvalue weighted by molar-refractivity contribution is -0.136. The predicted octanol–water partition coefficient (Wildman–Crippen LogP) is 4.65. The summed E-state index contributed by atoms with van der Waals surface area (Å²) in [5, 5.41) is 9.99. The first-order chi connectivity index (χ1) is 20.7. The molecule has 220 valence electrons. The Morgan fingerprint density at radius 1 is 1.05 bits per heavy atom. The molecule has 6 rings (SSSR count). The first kappa shape index (κ1) is 27.9. The lowest BCUT2D eigenvalue weighted by Crippen LogP contribution is -2.44. The molecular weight excluding hydrogens is 570 g/mol. The van der Waals surface area contributed by atoms with Gasteiger partial charge in [0.1, 0.15) is 18.5 Å². The molecule has 1 fully saturated rings. The third-order valence-corrected chi connectivity index (χ3v) is 6.86. The number of carbonyl (C=O) groups excluding carboxylic acids is 2. The van der Waals surface area contributed by atoms with E-state index in [-0.39, 0.29) is 54.6 Å². The van der Waals surface area contributed by atoms with E-state index in [1.807, 2.05) is 18.2 Å². The number of hydrogen-bond donors (Lipinski definition) is 2. The maximum Gasteiger partial charge on any atom is 0.418 e. The van der Waals surface area contributed by atoms with Crippen LogP contribution in [0.1, 0.15) is 11.1 Å². The molecule has 1 aliphatic rings. The summed E-state index contributed by atoms with van der Waals surface area (Å²) in [6.45, 7) is 0.115. The molecule has 0 spiro atoms. The monoisotopic (exact) mass is 593 g/mol. The van der Waals surface area contributed by atoms with Crippen molar-refractivity contribution in [2.75, 3.05) is 25.0 Å². The average molecular weight is 594 g/mol. The van der Waals surface area contributed by atoms with Gasteiger partial charge in [-0.2, -0.15) is 17.7 Å². The fourth-order valence-electron chi connectivity index (χ4n) is 4.78. The standard InChI is InChI=1S/C29H23F4N7O3/c30-19-9-4-8-18(14-19)24-37-25-20-10-5-11-21(29(31,32)33)23(20)36-27(40(25)38-24)35-22-15-39(13-12-34-26(22)41)28(42)43-16-17-6-2-1-3-7-17/h1-11,14,22H,12-13,15-16H2,(H,34,41)(H,35,36)/t22-/m1/s1.